The van der Waals surface area contributed by atoms with Gasteiger partial charge in [0, 0.05) is 19.5 Å². The molecule has 0 aromatic heterocycles. The number of rotatable bonds is 6. The number of nitrogens with one attached hydrogen (secondary N) is 2. The Kier molecular flexibility index (Phi) is 6.91. The van der Waals surface area contributed by atoms with Gasteiger partial charge in [-0.15, -0.1) is 21.3 Å². The van der Waals surface area contributed by atoms with Crippen LogP contribution < -0.4 is 10.6 Å². The second-order valence-corrected chi connectivity index (χ2v) is 5.88. The summed E-state index contributed by atoms with van der Waals surface area (Å²) in [6, 6.07) is 0. The Hall–Kier alpha value is -1.85. The molecule has 0 bridgehead atoms. The molecule has 2 N–H and O–H groups in total. The molecule has 0 saturated carbocycles. The number of nitrogens with zero attached hydrogens (tertiary/aromatic N) is 3. The molecule has 0 fully saturated rings. The summed E-state index contributed by atoms with van der Waals surface area (Å²) in [5, 5.41) is 5.80. The molecule has 1 aliphatic heterocycles. The van der Waals surface area contributed by atoms with Crippen LogP contribution in [0.15, 0.2) is 21.5 Å². The molecule has 1 aliphatic rings. The largest absolute Gasteiger partial charge is 0.367 e. The van der Waals surface area contributed by atoms with E-state index in [0.717, 1.165) is 19.4 Å². The summed E-state index contributed by atoms with van der Waals surface area (Å²) in [5.74, 6) is 6.57. The van der Waals surface area contributed by atoms with Crippen molar-refractivity contribution < 1.29 is 8.42 Å². The van der Waals surface area contributed by atoms with Crippen molar-refractivity contribution in [3.05, 3.63) is 12.7 Å². The van der Waals surface area contributed by atoms with Crippen LogP contribution >= 0.6 is 0 Å². The smallest absolute Gasteiger partial charge is 0.366 e. The van der Waals surface area contributed by atoms with E-state index in [2.05, 4.69) is 37.8 Å². The molecule has 1 rings (SSSR count). The van der Waals surface area contributed by atoms with Crippen LogP contribution in [-0.4, -0.2) is 58.7 Å². The molecule has 1 heterocycles. The Balaban J connectivity index is 2.38. The molecular formula is C13H21N5O2S. The Labute approximate surface area is 126 Å². The average Bonchev–Trinajstić information content (AvgIpc) is 2.69. The maximum absolute atomic E-state index is 11.3. The van der Waals surface area contributed by atoms with Gasteiger partial charge in [-0.3, -0.25) is 4.90 Å². The molecule has 0 aromatic rings. The van der Waals surface area contributed by atoms with Crippen molar-refractivity contribution in [2.45, 2.75) is 12.8 Å². The predicted octanol–water partition coefficient (Wildman–Crippen LogP) is -0.248. The van der Waals surface area contributed by atoms with Crippen LogP contribution in [0.4, 0.5) is 0 Å². The van der Waals surface area contributed by atoms with Crippen molar-refractivity contribution >= 4 is 21.9 Å². The van der Waals surface area contributed by atoms with Crippen molar-refractivity contribution in [1.29, 1.82) is 0 Å². The topological polar surface area (TPSA) is 86.2 Å². The highest BCUT2D eigenvalue weighted by Gasteiger charge is 2.23. The molecule has 0 unspecified atom stereocenters. The van der Waals surface area contributed by atoms with Crippen LogP contribution in [0.3, 0.4) is 0 Å². The van der Waals surface area contributed by atoms with Gasteiger partial charge in [0.05, 0.1) is 6.54 Å². The third-order valence-electron chi connectivity index (χ3n) is 2.34. The zero-order valence-electron chi connectivity index (χ0n) is 12.4. The van der Waals surface area contributed by atoms with Gasteiger partial charge in [-0.1, -0.05) is 12.0 Å². The molecule has 0 saturated heterocycles. The number of unbranched alkanes of at least 4 members (excludes halogenated alkanes) is 1. The molecule has 0 radical (unpaired) electrons. The highest BCUT2D eigenvalue weighted by molar-refractivity contribution is 7.89. The number of hydrogen-bond acceptors (Lipinski definition) is 5. The lowest BCUT2D eigenvalue weighted by Gasteiger charge is -2.07. The third-order valence-corrected chi connectivity index (χ3v) is 3.17. The lowest BCUT2D eigenvalue weighted by molar-refractivity contribution is 0.463. The predicted molar refractivity (Wildman–Crippen MR) is 85.6 cm³/mol. The van der Waals surface area contributed by atoms with Gasteiger partial charge in [-0.05, 0) is 20.5 Å². The fourth-order valence-corrected chi connectivity index (χ4v) is 2.23. The van der Waals surface area contributed by atoms with E-state index in [4.69, 9.17) is 0 Å². The summed E-state index contributed by atoms with van der Waals surface area (Å²) < 4.78 is 29.8. The van der Waals surface area contributed by atoms with Crippen LogP contribution in [0.25, 0.3) is 0 Å². The Morgan fingerprint density at radius 3 is 2.52 bits per heavy atom. The van der Waals surface area contributed by atoms with Crippen molar-refractivity contribution in [2.24, 2.45) is 8.80 Å². The van der Waals surface area contributed by atoms with Gasteiger partial charge in [0.15, 0.2) is 11.7 Å². The standard InChI is InChI=1S/C13H21N5O2S/c1-4-9-14-12-13(17-21(19,20)16-12)15-10-7-5-6-8-11-18(2)3/h4H,1,5,7,9-11H2,2-3H3,(H,14,16)(H,15,17). The molecule has 0 amide bonds. The van der Waals surface area contributed by atoms with Crippen molar-refractivity contribution in [2.75, 3.05) is 33.7 Å². The van der Waals surface area contributed by atoms with Crippen LogP contribution in [0, 0.1) is 11.8 Å². The van der Waals surface area contributed by atoms with Gasteiger partial charge in [0.25, 0.3) is 0 Å². The van der Waals surface area contributed by atoms with E-state index in [0.29, 0.717) is 13.1 Å². The first-order valence-corrected chi connectivity index (χ1v) is 7.98. The summed E-state index contributed by atoms with van der Waals surface area (Å²) in [4.78, 5) is 2.00. The van der Waals surface area contributed by atoms with Crippen molar-refractivity contribution in [3.63, 3.8) is 0 Å². The highest BCUT2D eigenvalue weighted by atomic mass is 32.2. The number of amidine groups is 2. The maximum atomic E-state index is 11.3. The first kappa shape index (κ1) is 17.2. The highest BCUT2D eigenvalue weighted by Crippen LogP contribution is 2.04. The first-order valence-electron chi connectivity index (χ1n) is 6.59. The van der Waals surface area contributed by atoms with Crippen LogP contribution in [0.2, 0.25) is 0 Å². The van der Waals surface area contributed by atoms with Gasteiger partial charge in [0.1, 0.15) is 0 Å². The Bertz CT molecular complexity index is 581. The Morgan fingerprint density at radius 2 is 1.90 bits per heavy atom. The molecule has 0 aliphatic carbocycles. The van der Waals surface area contributed by atoms with E-state index in [1.54, 1.807) is 6.08 Å². The average molecular weight is 311 g/mol. The second-order valence-electron chi connectivity index (χ2n) is 4.62. The van der Waals surface area contributed by atoms with Gasteiger partial charge in [-0.25, -0.2) is 0 Å². The normalized spacial score (nSPS) is 15.8. The van der Waals surface area contributed by atoms with E-state index >= 15 is 0 Å². The molecular weight excluding hydrogens is 290 g/mol. The first-order chi connectivity index (χ1) is 9.94. The van der Waals surface area contributed by atoms with Gasteiger partial charge >= 0.3 is 10.2 Å². The minimum absolute atomic E-state index is 0.230. The summed E-state index contributed by atoms with van der Waals surface area (Å²) in [7, 11) is 0.176. The molecule has 116 valence electrons. The monoisotopic (exact) mass is 311 g/mol. The minimum atomic E-state index is -3.75. The molecule has 0 aromatic carbocycles. The molecule has 21 heavy (non-hydrogen) atoms. The minimum Gasteiger partial charge on any atom is -0.366 e. The van der Waals surface area contributed by atoms with Crippen molar-refractivity contribution in [1.82, 2.24) is 15.5 Å². The fourth-order valence-electron chi connectivity index (χ4n) is 1.42. The number of hydrogen-bond donors (Lipinski definition) is 2. The Morgan fingerprint density at radius 1 is 1.24 bits per heavy atom. The van der Waals surface area contributed by atoms with Crippen molar-refractivity contribution in [3.8, 4) is 11.8 Å². The van der Waals surface area contributed by atoms with Crippen LogP contribution in [0.5, 0.6) is 0 Å². The molecule has 0 spiro atoms. The summed E-state index contributed by atoms with van der Waals surface area (Å²) in [6.45, 7) is 5.30. The maximum Gasteiger partial charge on any atom is 0.367 e. The van der Waals surface area contributed by atoms with E-state index < -0.39 is 10.2 Å². The zero-order valence-corrected chi connectivity index (χ0v) is 13.2. The SMILES string of the molecule is C=CCNC1=NS(=O)(=O)N=C1NCCCC#CCN(C)C. The van der Waals surface area contributed by atoms with E-state index in [-0.39, 0.29) is 11.7 Å². The summed E-state index contributed by atoms with van der Waals surface area (Å²) >= 11 is 0. The molecule has 7 nitrogen and oxygen atoms in total. The second kappa shape index (κ2) is 8.44. The third kappa shape index (κ3) is 6.92. The van der Waals surface area contributed by atoms with Gasteiger partial charge in [0.2, 0.25) is 0 Å². The van der Waals surface area contributed by atoms with Gasteiger partial charge < -0.3 is 10.6 Å². The molecule has 0 atom stereocenters. The lowest BCUT2D eigenvalue weighted by Crippen LogP contribution is -2.38. The van der Waals surface area contributed by atoms with Gasteiger partial charge in [-0.2, -0.15) is 8.42 Å². The molecule has 8 heteroatoms. The van der Waals surface area contributed by atoms with E-state index in [9.17, 15) is 8.42 Å². The fraction of sp³-hybridized carbons (Fsp3) is 0.538. The van der Waals surface area contributed by atoms with E-state index in [1.165, 1.54) is 0 Å². The summed E-state index contributed by atoms with van der Waals surface area (Å²) in [5.41, 5.74) is 0. The summed E-state index contributed by atoms with van der Waals surface area (Å²) in [6.07, 6.45) is 3.16. The van der Waals surface area contributed by atoms with E-state index in [1.807, 2.05) is 19.0 Å². The van der Waals surface area contributed by atoms with Crippen LogP contribution in [-0.2, 0) is 10.2 Å². The quantitative estimate of drug-likeness (QED) is 0.401. The lowest BCUT2D eigenvalue weighted by atomic mass is 10.3. The zero-order chi connectivity index (χ0) is 15.7. The van der Waals surface area contributed by atoms with Crippen LogP contribution in [0.1, 0.15) is 12.8 Å².